The van der Waals surface area contributed by atoms with E-state index in [1.165, 1.54) is 6.42 Å². The molecule has 0 aromatic carbocycles. The Labute approximate surface area is 139 Å². The Morgan fingerprint density at radius 3 is 2.88 bits per heavy atom. The summed E-state index contributed by atoms with van der Waals surface area (Å²) in [5.41, 5.74) is 0.729. The van der Waals surface area contributed by atoms with Gasteiger partial charge in [0.05, 0.1) is 13.0 Å². The molecule has 0 fully saturated rings. The first kappa shape index (κ1) is 16.4. The minimum absolute atomic E-state index is 0.00937. The van der Waals surface area contributed by atoms with E-state index >= 15 is 0 Å². The molecule has 0 saturated carbocycles. The summed E-state index contributed by atoms with van der Waals surface area (Å²) in [7, 11) is 0. The van der Waals surface area contributed by atoms with Gasteiger partial charge in [-0.2, -0.15) is 0 Å². The topological polar surface area (TPSA) is 106 Å². The molecule has 2 N–H and O–H groups in total. The van der Waals surface area contributed by atoms with Gasteiger partial charge in [0.1, 0.15) is 11.6 Å². The molecule has 0 radical (unpaired) electrons. The molecule has 24 heavy (non-hydrogen) atoms. The Kier molecular flexibility index (Phi) is 4.73. The molecule has 0 bridgehead atoms. The van der Waals surface area contributed by atoms with E-state index in [0.29, 0.717) is 23.6 Å². The Hall–Kier alpha value is -2.51. The standard InChI is InChI=1S/C16H22N6O2/c1-10-12(16(24)19-11(2)18-10)8-15(23)17-9-14-21-20-13-6-4-3-5-7-22(13)14/h3-9H2,1-2H3,(H,17,23)(H,18,19,24). The van der Waals surface area contributed by atoms with Crippen LogP contribution >= 0.6 is 0 Å². The number of hydrogen-bond donors (Lipinski definition) is 2. The van der Waals surface area contributed by atoms with Crippen LogP contribution in [0.15, 0.2) is 4.79 Å². The molecule has 3 heterocycles. The Balaban J connectivity index is 1.65. The lowest BCUT2D eigenvalue weighted by molar-refractivity contribution is -0.120. The van der Waals surface area contributed by atoms with Crippen molar-refractivity contribution in [2.45, 2.75) is 59.0 Å². The molecular formula is C16H22N6O2. The number of nitrogens with zero attached hydrogens (tertiary/aromatic N) is 4. The van der Waals surface area contributed by atoms with Crippen molar-refractivity contribution in [3.8, 4) is 0 Å². The van der Waals surface area contributed by atoms with E-state index < -0.39 is 0 Å². The van der Waals surface area contributed by atoms with E-state index in [-0.39, 0.29) is 17.9 Å². The first-order valence-corrected chi connectivity index (χ1v) is 8.28. The summed E-state index contributed by atoms with van der Waals surface area (Å²) in [5.74, 6) is 2.09. The number of hydrogen-bond acceptors (Lipinski definition) is 5. The normalized spacial score (nSPS) is 14.1. The first-order chi connectivity index (χ1) is 11.5. The molecule has 0 aliphatic carbocycles. The van der Waals surface area contributed by atoms with Crippen molar-refractivity contribution >= 4 is 5.91 Å². The fraction of sp³-hybridized carbons (Fsp3) is 0.562. The average Bonchev–Trinajstić information content (AvgIpc) is 2.75. The highest BCUT2D eigenvalue weighted by atomic mass is 16.2. The van der Waals surface area contributed by atoms with Crippen LogP contribution in [-0.2, 0) is 30.7 Å². The minimum atomic E-state index is -0.258. The molecule has 8 nitrogen and oxygen atoms in total. The zero-order valence-corrected chi connectivity index (χ0v) is 14.1. The summed E-state index contributed by atoms with van der Waals surface area (Å²) in [6, 6.07) is 0. The lowest BCUT2D eigenvalue weighted by Gasteiger charge is -2.09. The van der Waals surface area contributed by atoms with E-state index in [1.807, 2.05) is 0 Å². The summed E-state index contributed by atoms with van der Waals surface area (Å²) in [6.45, 7) is 4.68. The van der Waals surface area contributed by atoms with Gasteiger partial charge in [-0.15, -0.1) is 10.2 Å². The smallest absolute Gasteiger partial charge is 0.254 e. The number of carbonyl (C=O) groups is 1. The third-order valence-electron chi connectivity index (χ3n) is 4.31. The summed E-state index contributed by atoms with van der Waals surface area (Å²) in [4.78, 5) is 31.0. The number of carbonyl (C=O) groups excluding carboxylic acids is 1. The number of H-pyrrole nitrogens is 1. The van der Waals surface area contributed by atoms with Crippen molar-refractivity contribution in [3.63, 3.8) is 0 Å². The van der Waals surface area contributed by atoms with E-state index in [2.05, 4.69) is 30.0 Å². The largest absolute Gasteiger partial charge is 0.349 e. The summed E-state index contributed by atoms with van der Waals surface area (Å²) < 4.78 is 2.10. The highest BCUT2D eigenvalue weighted by Gasteiger charge is 2.16. The molecule has 0 saturated heterocycles. The van der Waals surface area contributed by atoms with Crippen molar-refractivity contribution in [1.82, 2.24) is 30.0 Å². The van der Waals surface area contributed by atoms with Crippen molar-refractivity contribution < 1.29 is 4.79 Å². The van der Waals surface area contributed by atoms with Gasteiger partial charge in [0.25, 0.3) is 5.56 Å². The summed E-state index contributed by atoms with van der Waals surface area (Å²) >= 11 is 0. The maximum Gasteiger partial charge on any atom is 0.254 e. The SMILES string of the molecule is Cc1nc(C)c(CC(=O)NCc2nnc3n2CCCCC3)c(=O)[nH]1. The lowest BCUT2D eigenvalue weighted by atomic mass is 10.1. The fourth-order valence-electron chi connectivity index (χ4n) is 3.04. The lowest BCUT2D eigenvalue weighted by Crippen LogP contribution is -2.30. The highest BCUT2D eigenvalue weighted by Crippen LogP contribution is 2.14. The van der Waals surface area contributed by atoms with Crippen LogP contribution in [0.3, 0.4) is 0 Å². The van der Waals surface area contributed by atoms with Gasteiger partial charge in [-0.05, 0) is 26.7 Å². The fourth-order valence-corrected chi connectivity index (χ4v) is 3.04. The molecule has 128 valence electrons. The number of nitrogens with one attached hydrogen (secondary N) is 2. The number of fused-ring (bicyclic) bond motifs is 1. The maximum absolute atomic E-state index is 12.2. The Morgan fingerprint density at radius 1 is 1.25 bits per heavy atom. The van der Waals surface area contributed by atoms with Crippen LogP contribution in [0.5, 0.6) is 0 Å². The molecule has 8 heteroatoms. The van der Waals surface area contributed by atoms with Crippen molar-refractivity contribution in [2.24, 2.45) is 0 Å². The van der Waals surface area contributed by atoms with Crippen molar-refractivity contribution in [3.05, 3.63) is 39.1 Å². The minimum Gasteiger partial charge on any atom is -0.349 e. The molecule has 3 rings (SSSR count). The van der Waals surface area contributed by atoms with Crippen LogP contribution in [0, 0.1) is 13.8 Å². The average molecular weight is 330 g/mol. The molecule has 0 unspecified atom stereocenters. The number of aryl methyl sites for hydroxylation is 3. The maximum atomic E-state index is 12.2. The van der Waals surface area contributed by atoms with Gasteiger partial charge in [0.15, 0.2) is 5.82 Å². The van der Waals surface area contributed by atoms with Gasteiger partial charge in [-0.3, -0.25) is 9.59 Å². The second-order valence-corrected chi connectivity index (χ2v) is 6.16. The van der Waals surface area contributed by atoms with Gasteiger partial charge >= 0.3 is 0 Å². The second-order valence-electron chi connectivity index (χ2n) is 6.16. The monoisotopic (exact) mass is 330 g/mol. The van der Waals surface area contributed by atoms with Crippen LogP contribution in [-0.4, -0.2) is 30.6 Å². The van der Waals surface area contributed by atoms with E-state index in [1.54, 1.807) is 13.8 Å². The Morgan fingerprint density at radius 2 is 2.08 bits per heavy atom. The highest BCUT2D eigenvalue weighted by molar-refractivity contribution is 5.78. The quantitative estimate of drug-likeness (QED) is 0.852. The van der Waals surface area contributed by atoms with Crippen LogP contribution in [0.1, 0.15) is 48.0 Å². The first-order valence-electron chi connectivity index (χ1n) is 8.28. The number of amides is 1. The van der Waals surface area contributed by atoms with Crippen LogP contribution in [0.2, 0.25) is 0 Å². The molecule has 1 aliphatic heterocycles. The van der Waals surface area contributed by atoms with E-state index in [9.17, 15) is 9.59 Å². The third kappa shape index (κ3) is 3.52. The van der Waals surface area contributed by atoms with Gasteiger partial charge < -0.3 is 14.9 Å². The number of aromatic amines is 1. The molecule has 1 amide bonds. The third-order valence-corrected chi connectivity index (χ3v) is 4.31. The van der Waals surface area contributed by atoms with Crippen LogP contribution in [0.25, 0.3) is 0 Å². The van der Waals surface area contributed by atoms with E-state index in [4.69, 9.17) is 0 Å². The predicted octanol–water partition coefficient (Wildman–Crippen LogP) is 0.564. The van der Waals surface area contributed by atoms with Crippen molar-refractivity contribution in [2.75, 3.05) is 0 Å². The summed E-state index contributed by atoms with van der Waals surface area (Å²) in [5, 5.41) is 11.2. The zero-order valence-electron chi connectivity index (χ0n) is 14.1. The molecule has 2 aromatic heterocycles. The van der Waals surface area contributed by atoms with Crippen LogP contribution in [0.4, 0.5) is 0 Å². The van der Waals surface area contributed by atoms with Gasteiger partial charge in [0.2, 0.25) is 5.91 Å². The van der Waals surface area contributed by atoms with Crippen LogP contribution < -0.4 is 10.9 Å². The zero-order chi connectivity index (χ0) is 17.1. The Bertz CT molecular complexity index is 807. The molecule has 0 spiro atoms. The predicted molar refractivity (Wildman–Crippen MR) is 87.5 cm³/mol. The molecular weight excluding hydrogens is 308 g/mol. The van der Waals surface area contributed by atoms with E-state index in [0.717, 1.165) is 37.5 Å². The molecule has 1 aliphatic rings. The van der Waals surface area contributed by atoms with Gasteiger partial charge in [-0.25, -0.2) is 4.98 Å². The van der Waals surface area contributed by atoms with Gasteiger partial charge in [0, 0.05) is 24.2 Å². The van der Waals surface area contributed by atoms with Gasteiger partial charge in [-0.1, -0.05) is 6.42 Å². The molecule has 2 aromatic rings. The number of aromatic nitrogens is 5. The molecule has 0 atom stereocenters. The van der Waals surface area contributed by atoms with Crippen molar-refractivity contribution in [1.29, 1.82) is 0 Å². The number of rotatable bonds is 4. The summed E-state index contributed by atoms with van der Waals surface area (Å²) in [6.07, 6.45) is 4.38. The second kappa shape index (κ2) is 6.94.